The van der Waals surface area contributed by atoms with Gasteiger partial charge in [0.25, 0.3) is 0 Å². The molecule has 4 heteroatoms. The van der Waals surface area contributed by atoms with Crippen molar-refractivity contribution in [3.8, 4) is 0 Å². The average molecular weight is 240 g/mol. The highest BCUT2D eigenvalue weighted by Gasteiger charge is 2.38. The van der Waals surface area contributed by atoms with Crippen LogP contribution in [0.15, 0.2) is 0 Å². The molecule has 98 valence electrons. The molecule has 0 spiro atoms. The minimum absolute atomic E-state index is 0.0663. The molecule has 0 aromatic carbocycles. The van der Waals surface area contributed by atoms with Crippen molar-refractivity contribution >= 4 is 5.91 Å². The van der Waals surface area contributed by atoms with Crippen LogP contribution in [-0.2, 0) is 9.53 Å². The molecule has 2 saturated heterocycles. The maximum atomic E-state index is 12.4. The molecule has 2 fully saturated rings. The van der Waals surface area contributed by atoms with E-state index < -0.39 is 0 Å². The van der Waals surface area contributed by atoms with E-state index in [0.717, 1.165) is 52.0 Å². The lowest BCUT2D eigenvalue weighted by Gasteiger charge is -2.40. The van der Waals surface area contributed by atoms with Gasteiger partial charge in [0.2, 0.25) is 5.91 Å². The Hall–Kier alpha value is -0.610. The van der Waals surface area contributed by atoms with E-state index in [9.17, 15) is 4.79 Å². The Morgan fingerprint density at radius 3 is 2.29 bits per heavy atom. The summed E-state index contributed by atoms with van der Waals surface area (Å²) in [4.78, 5) is 12.4. The molecule has 4 nitrogen and oxygen atoms in total. The number of carbonyl (C=O) groups excluding carboxylic acids is 1. The van der Waals surface area contributed by atoms with E-state index in [4.69, 9.17) is 4.74 Å². The molecule has 0 bridgehead atoms. The zero-order valence-corrected chi connectivity index (χ0v) is 11.0. The average Bonchev–Trinajstić information content (AvgIpc) is 2.30. The number of amides is 1. The zero-order valence-electron chi connectivity index (χ0n) is 11.0. The highest BCUT2D eigenvalue weighted by Crippen LogP contribution is 2.30. The van der Waals surface area contributed by atoms with E-state index in [0.29, 0.717) is 0 Å². The van der Waals surface area contributed by atoms with Crippen LogP contribution in [0.2, 0.25) is 0 Å². The molecule has 0 aromatic heterocycles. The monoisotopic (exact) mass is 240 g/mol. The maximum absolute atomic E-state index is 12.4. The minimum atomic E-state index is -0.188. The molecule has 0 unspecified atom stereocenters. The van der Waals surface area contributed by atoms with Gasteiger partial charge in [-0.05, 0) is 45.7 Å². The molecule has 2 aliphatic heterocycles. The number of rotatable bonds is 2. The van der Waals surface area contributed by atoms with Crippen LogP contribution in [0.4, 0.5) is 0 Å². The van der Waals surface area contributed by atoms with Crippen LogP contribution in [-0.4, -0.2) is 37.7 Å². The second kappa shape index (κ2) is 4.94. The van der Waals surface area contributed by atoms with Crippen molar-refractivity contribution in [1.29, 1.82) is 0 Å². The third kappa shape index (κ3) is 2.99. The van der Waals surface area contributed by atoms with E-state index in [-0.39, 0.29) is 16.9 Å². The van der Waals surface area contributed by atoms with Gasteiger partial charge in [-0.3, -0.25) is 4.79 Å². The largest absolute Gasteiger partial charge is 0.381 e. The quantitative estimate of drug-likeness (QED) is 0.759. The van der Waals surface area contributed by atoms with Crippen molar-refractivity contribution in [3.63, 3.8) is 0 Å². The van der Waals surface area contributed by atoms with Gasteiger partial charge in [0.05, 0.1) is 0 Å². The first-order valence-corrected chi connectivity index (χ1v) is 6.65. The number of hydrogen-bond acceptors (Lipinski definition) is 3. The van der Waals surface area contributed by atoms with Crippen LogP contribution in [0, 0.1) is 5.41 Å². The second-order valence-corrected chi connectivity index (χ2v) is 5.94. The number of nitrogens with one attached hydrogen (secondary N) is 2. The Morgan fingerprint density at radius 2 is 1.71 bits per heavy atom. The van der Waals surface area contributed by atoms with Crippen molar-refractivity contribution < 1.29 is 9.53 Å². The Balaban J connectivity index is 1.95. The Labute approximate surface area is 103 Å². The molecule has 2 aliphatic rings. The van der Waals surface area contributed by atoms with Gasteiger partial charge < -0.3 is 15.4 Å². The van der Waals surface area contributed by atoms with Crippen molar-refractivity contribution in [2.24, 2.45) is 5.41 Å². The summed E-state index contributed by atoms with van der Waals surface area (Å²) in [5, 5.41) is 6.57. The van der Waals surface area contributed by atoms with Gasteiger partial charge in [0.1, 0.15) is 0 Å². The van der Waals surface area contributed by atoms with Crippen molar-refractivity contribution in [3.05, 3.63) is 0 Å². The van der Waals surface area contributed by atoms with E-state index in [1.54, 1.807) is 0 Å². The van der Waals surface area contributed by atoms with Crippen molar-refractivity contribution in [1.82, 2.24) is 10.6 Å². The standard InChI is InChI=1S/C13H24N2O2/c1-12(3-7-14-8-4-12)11(16)15-13(2)5-9-17-10-6-13/h14H,3-10H2,1-2H3,(H,15,16). The van der Waals surface area contributed by atoms with Crippen molar-refractivity contribution in [2.45, 2.75) is 45.1 Å². The molecule has 2 N–H and O–H groups in total. The van der Waals surface area contributed by atoms with Gasteiger partial charge in [0, 0.05) is 24.2 Å². The molecule has 0 atom stereocenters. The second-order valence-electron chi connectivity index (χ2n) is 5.94. The molecule has 0 saturated carbocycles. The molecular formula is C13H24N2O2. The van der Waals surface area contributed by atoms with E-state index >= 15 is 0 Å². The fourth-order valence-corrected chi connectivity index (χ4v) is 2.58. The lowest BCUT2D eigenvalue weighted by Crippen LogP contribution is -2.55. The summed E-state index contributed by atoms with van der Waals surface area (Å²) in [5.41, 5.74) is -0.254. The topological polar surface area (TPSA) is 50.4 Å². The molecular weight excluding hydrogens is 216 g/mol. The lowest BCUT2D eigenvalue weighted by molar-refractivity contribution is -0.134. The fraction of sp³-hybridized carbons (Fsp3) is 0.923. The Morgan fingerprint density at radius 1 is 1.12 bits per heavy atom. The Kier molecular flexibility index (Phi) is 3.73. The van der Waals surface area contributed by atoms with Crippen LogP contribution in [0.25, 0.3) is 0 Å². The molecule has 0 aliphatic carbocycles. The lowest BCUT2D eigenvalue weighted by atomic mass is 9.79. The Bertz CT molecular complexity index is 279. The third-order valence-corrected chi connectivity index (χ3v) is 4.27. The summed E-state index contributed by atoms with van der Waals surface area (Å²) in [7, 11) is 0. The maximum Gasteiger partial charge on any atom is 0.226 e. The normalized spacial score (nSPS) is 27.4. The molecule has 0 aromatic rings. The first-order valence-electron chi connectivity index (χ1n) is 6.65. The predicted octanol–water partition coefficient (Wildman–Crippen LogP) is 1.06. The summed E-state index contributed by atoms with van der Waals surface area (Å²) in [6.07, 6.45) is 3.72. The van der Waals surface area contributed by atoms with Gasteiger partial charge in [0.15, 0.2) is 0 Å². The summed E-state index contributed by atoms with van der Waals surface area (Å²) < 4.78 is 5.36. The van der Waals surface area contributed by atoms with Gasteiger partial charge in [-0.2, -0.15) is 0 Å². The highest BCUT2D eigenvalue weighted by atomic mass is 16.5. The number of hydrogen-bond donors (Lipinski definition) is 2. The first-order chi connectivity index (χ1) is 8.04. The van der Waals surface area contributed by atoms with Gasteiger partial charge in [-0.25, -0.2) is 0 Å². The number of carbonyl (C=O) groups is 1. The van der Waals surface area contributed by atoms with Crippen molar-refractivity contribution in [2.75, 3.05) is 26.3 Å². The molecule has 2 rings (SSSR count). The summed E-state index contributed by atoms with van der Waals surface area (Å²) in [6.45, 7) is 7.64. The predicted molar refractivity (Wildman–Crippen MR) is 66.8 cm³/mol. The highest BCUT2D eigenvalue weighted by molar-refractivity contribution is 5.83. The minimum Gasteiger partial charge on any atom is -0.381 e. The molecule has 17 heavy (non-hydrogen) atoms. The summed E-state index contributed by atoms with van der Waals surface area (Å²) in [5.74, 6) is 0.225. The van der Waals surface area contributed by atoms with E-state index in [1.807, 2.05) is 0 Å². The summed E-state index contributed by atoms with van der Waals surface area (Å²) in [6, 6.07) is 0. The fourth-order valence-electron chi connectivity index (χ4n) is 2.58. The van der Waals surface area contributed by atoms with E-state index in [1.165, 1.54) is 0 Å². The number of ether oxygens (including phenoxy) is 1. The van der Waals surface area contributed by atoms with Crippen LogP contribution in [0.1, 0.15) is 39.5 Å². The number of piperidine rings is 1. The smallest absolute Gasteiger partial charge is 0.226 e. The zero-order chi connectivity index (χ0) is 12.4. The van der Waals surface area contributed by atoms with Gasteiger partial charge in [-0.1, -0.05) is 6.92 Å². The SMILES string of the molecule is CC1(NC(=O)C2(C)CCNCC2)CCOCC1. The molecule has 0 radical (unpaired) electrons. The molecule has 2 heterocycles. The van der Waals surface area contributed by atoms with Crippen LogP contribution >= 0.6 is 0 Å². The van der Waals surface area contributed by atoms with Gasteiger partial charge >= 0.3 is 0 Å². The summed E-state index contributed by atoms with van der Waals surface area (Å²) >= 11 is 0. The van der Waals surface area contributed by atoms with Crippen LogP contribution in [0.5, 0.6) is 0 Å². The third-order valence-electron chi connectivity index (χ3n) is 4.27. The van der Waals surface area contributed by atoms with Gasteiger partial charge in [-0.15, -0.1) is 0 Å². The van der Waals surface area contributed by atoms with Crippen LogP contribution in [0.3, 0.4) is 0 Å². The molecule has 1 amide bonds. The van der Waals surface area contributed by atoms with E-state index in [2.05, 4.69) is 24.5 Å². The van der Waals surface area contributed by atoms with Crippen LogP contribution < -0.4 is 10.6 Å². The first kappa shape index (κ1) is 12.8.